The van der Waals surface area contributed by atoms with Crippen LogP contribution < -0.4 is 0 Å². The van der Waals surface area contributed by atoms with E-state index in [9.17, 15) is 23.1 Å². The van der Waals surface area contributed by atoms with Crippen molar-refractivity contribution < 1.29 is 32.6 Å². The van der Waals surface area contributed by atoms with Gasteiger partial charge < -0.3 is 14.7 Å². The van der Waals surface area contributed by atoms with Crippen molar-refractivity contribution in [2.24, 2.45) is 5.16 Å². The summed E-state index contributed by atoms with van der Waals surface area (Å²) in [5.41, 5.74) is 0.248. The summed E-state index contributed by atoms with van der Waals surface area (Å²) in [6, 6.07) is 15.2. The van der Waals surface area contributed by atoms with Crippen molar-refractivity contribution in [1.82, 2.24) is 0 Å². The lowest BCUT2D eigenvalue weighted by Gasteiger charge is -2.13. The summed E-state index contributed by atoms with van der Waals surface area (Å²) in [5, 5.41) is 13.1. The quantitative estimate of drug-likeness (QED) is 0.291. The molecule has 0 aliphatic rings. The van der Waals surface area contributed by atoms with Crippen LogP contribution in [0.5, 0.6) is 0 Å². The number of carboxylic acid groups (broad SMARTS) is 1. The maximum Gasteiger partial charge on any atom is 0.410 e. The zero-order valence-electron chi connectivity index (χ0n) is 15.8. The SMILES string of the molecule is CC(=NOC(C)c1ccccc1)OCc1ccccc1C(=CC(F)(F)F)C(=O)O. The summed E-state index contributed by atoms with van der Waals surface area (Å²) in [6.45, 7) is 3.17. The maximum absolute atomic E-state index is 12.7. The fourth-order valence-corrected chi connectivity index (χ4v) is 2.47. The molecular weight excluding hydrogens is 387 g/mol. The average Bonchev–Trinajstić information content (AvgIpc) is 2.68. The lowest BCUT2D eigenvalue weighted by atomic mass is 9.99. The standard InChI is InChI=1S/C21H20F3NO4/c1-14(16-8-4-3-5-9-16)29-25-15(2)28-13-17-10-6-7-11-18(17)19(20(26)27)12-21(22,23)24/h3-12,14H,13H2,1-2H3,(H,26,27). The van der Waals surface area contributed by atoms with E-state index in [1.807, 2.05) is 37.3 Å². The molecule has 0 heterocycles. The van der Waals surface area contributed by atoms with Crippen molar-refractivity contribution in [2.45, 2.75) is 32.7 Å². The number of hydrogen-bond donors (Lipinski definition) is 1. The van der Waals surface area contributed by atoms with E-state index < -0.39 is 17.7 Å². The zero-order valence-corrected chi connectivity index (χ0v) is 15.8. The number of aliphatic carboxylic acids is 1. The van der Waals surface area contributed by atoms with E-state index in [1.165, 1.54) is 25.1 Å². The molecule has 1 atom stereocenters. The summed E-state index contributed by atoms with van der Waals surface area (Å²) in [4.78, 5) is 16.7. The van der Waals surface area contributed by atoms with Gasteiger partial charge in [-0.05, 0) is 23.6 Å². The van der Waals surface area contributed by atoms with E-state index in [0.29, 0.717) is 0 Å². The molecule has 8 heteroatoms. The molecule has 0 saturated heterocycles. The first kappa shape index (κ1) is 22.0. The average molecular weight is 407 g/mol. The van der Waals surface area contributed by atoms with Crippen LogP contribution in [-0.4, -0.2) is 23.1 Å². The molecule has 0 saturated carbocycles. The second-order valence-electron chi connectivity index (χ2n) is 6.12. The Balaban J connectivity index is 2.11. The van der Waals surface area contributed by atoms with Crippen molar-refractivity contribution in [2.75, 3.05) is 0 Å². The Morgan fingerprint density at radius 2 is 1.76 bits per heavy atom. The Bertz CT molecular complexity index is 892. The van der Waals surface area contributed by atoms with E-state index in [1.54, 1.807) is 6.07 Å². The predicted molar refractivity (Wildman–Crippen MR) is 102 cm³/mol. The molecule has 2 aromatic carbocycles. The van der Waals surface area contributed by atoms with Crippen LogP contribution in [-0.2, 0) is 21.0 Å². The van der Waals surface area contributed by atoms with E-state index in [-0.39, 0.29) is 35.8 Å². The summed E-state index contributed by atoms with van der Waals surface area (Å²) in [5.74, 6) is -1.53. The van der Waals surface area contributed by atoms with Gasteiger partial charge in [-0.3, -0.25) is 0 Å². The van der Waals surface area contributed by atoms with Crippen molar-refractivity contribution in [1.29, 1.82) is 0 Å². The number of alkyl halides is 3. The number of carbonyl (C=O) groups is 1. The van der Waals surface area contributed by atoms with E-state index in [4.69, 9.17) is 9.57 Å². The van der Waals surface area contributed by atoms with Gasteiger partial charge in [-0.15, -0.1) is 0 Å². The van der Waals surface area contributed by atoms with Gasteiger partial charge in [-0.2, -0.15) is 13.2 Å². The van der Waals surface area contributed by atoms with Gasteiger partial charge >= 0.3 is 12.1 Å². The Hall–Kier alpha value is -3.29. The predicted octanol–water partition coefficient (Wildman–Crippen LogP) is 5.34. The molecule has 29 heavy (non-hydrogen) atoms. The molecule has 1 unspecified atom stereocenters. The van der Waals surface area contributed by atoms with Crippen molar-refractivity contribution in [3.05, 3.63) is 77.4 Å². The molecule has 0 amide bonds. The second-order valence-corrected chi connectivity index (χ2v) is 6.12. The molecule has 5 nitrogen and oxygen atoms in total. The van der Waals surface area contributed by atoms with E-state index in [2.05, 4.69) is 5.16 Å². The number of carboxylic acids is 1. The monoisotopic (exact) mass is 407 g/mol. The molecule has 2 aromatic rings. The lowest BCUT2D eigenvalue weighted by Crippen LogP contribution is -2.11. The third kappa shape index (κ3) is 6.99. The normalized spacial score (nSPS) is 13.7. The molecule has 0 aliphatic carbocycles. The van der Waals surface area contributed by atoms with Crippen LogP contribution >= 0.6 is 0 Å². The Kier molecular flexibility index (Phi) is 7.41. The fourth-order valence-electron chi connectivity index (χ4n) is 2.47. The van der Waals surface area contributed by atoms with Crippen molar-refractivity contribution in [3.63, 3.8) is 0 Å². The first-order valence-electron chi connectivity index (χ1n) is 8.66. The van der Waals surface area contributed by atoms with E-state index >= 15 is 0 Å². The molecule has 0 aliphatic heterocycles. The van der Waals surface area contributed by atoms with Gasteiger partial charge in [-0.1, -0.05) is 59.8 Å². The van der Waals surface area contributed by atoms with Crippen LogP contribution in [0.4, 0.5) is 13.2 Å². The highest BCUT2D eigenvalue weighted by molar-refractivity contribution is 6.16. The molecule has 154 valence electrons. The van der Waals surface area contributed by atoms with Gasteiger partial charge in [0.25, 0.3) is 0 Å². The largest absolute Gasteiger partial charge is 0.478 e. The van der Waals surface area contributed by atoms with Gasteiger partial charge in [0.05, 0.1) is 5.57 Å². The minimum Gasteiger partial charge on any atom is -0.478 e. The first-order chi connectivity index (χ1) is 13.7. The highest BCUT2D eigenvalue weighted by Crippen LogP contribution is 2.27. The Labute approximate surface area is 166 Å². The number of benzene rings is 2. The molecule has 0 radical (unpaired) electrons. The molecule has 0 spiro atoms. The summed E-state index contributed by atoms with van der Waals surface area (Å²) in [7, 11) is 0. The number of oxime groups is 1. The highest BCUT2D eigenvalue weighted by Gasteiger charge is 2.28. The summed E-state index contributed by atoms with van der Waals surface area (Å²) in [6.07, 6.45) is -5.32. The minimum atomic E-state index is -4.76. The van der Waals surface area contributed by atoms with Gasteiger partial charge in [0, 0.05) is 13.0 Å². The molecule has 2 rings (SSSR count). The van der Waals surface area contributed by atoms with Crippen molar-refractivity contribution >= 4 is 17.4 Å². The van der Waals surface area contributed by atoms with Crippen LogP contribution in [0.1, 0.15) is 36.6 Å². The first-order valence-corrected chi connectivity index (χ1v) is 8.66. The van der Waals surface area contributed by atoms with Crippen LogP contribution in [0.3, 0.4) is 0 Å². The second kappa shape index (κ2) is 9.77. The van der Waals surface area contributed by atoms with Crippen LogP contribution in [0, 0.1) is 0 Å². The highest BCUT2D eigenvalue weighted by atomic mass is 19.4. The van der Waals surface area contributed by atoms with Crippen molar-refractivity contribution in [3.8, 4) is 0 Å². The van der Waals surface area contributed by atoms with Gasteiger partial charge in [0.15, 0.2) is 0 Å². The number of ether oxygens (including phenoxy) is 1. The molecule has 1 N–H and O–H groups in total. The maximum atomic E-state index is 12.7. The molecule has 0 bridgehead atoms. The zero-order chi connectivity index (χ0) is 21.4. The Morgan fingerprint density at radius 3 is 2.38 bits per heavy atom. The summed E-state index contributed by atoms with van der Waals surface area (Å²) < 4.78 is 43.6. The van der Waals surface area contributed by atoms with Gasteiger partial charge in [0.1, 0.15) is 12.7 Å². The van der Waals surface area contributed by atoms with Crippen LogP contribution in [0.15, 0.2) is 65.8 Å². The fraction of sp³-hybridized carbons (Fsp3) is 0.238. The molecule has 0 fully saturated rings. The van der Waals surface area contributed by atoms with Gasteiger partial charge in [-0.25, -0.2) is 4.79 Å². The van der Waals surface area contributed by atoms with E-state index in [0.717, 1.165) is 5.56 Å². The number of halogens is 3. The number of nitrogens with zero attached hydrogens (tertiary/aromatic N) is 1. The number of hydrogen-bond acceptors (Lipinski definition) is 4. The third-order valence-electron chi connectivity index (χ3n) is 3.89. The molecule has 0 aromatic heterocycles. The Morgan fingerprint density at radius 1 is 1.14 bits per heavy atom. The minimum absolute atomic E-state index is 0.0799. The lowest BCUT2D eigenvalue weighted by molar-refractivity contribution is -0.131. The smallest absolute Gasteiger partial charge is 0.410 e. The van der Waals surface area contributed by atoms with Crippen LogP contribution in [0.2, 0.25) is 0 Å². The number of rotatable bonds is 7. The number of allylic oxidation sites excluding steroid dienone is 1. The summed E-state index contributed by atoms with van der Waals surface area (Å²) >= 11 is 0. The molecular formula is C21H20F3NO4. The van der Waals surface area contributed by atoms with Gasteiger partial charge in [0.2, 0.25) is 5.90 Å². The topological polar surface area (TPSA) is 68.1 Å². The third-order valence-corrected chi connectivity index (χ3v) is 3.89. The van der Waals surface area contributed by atoms with Crippen LogP contribution in [0.25, 0.3) is 5.57 Å².